The highest BCUT2D eigenvalue weighted by atomic mass is 19.1. The molecule has 3 heterocycles. The first-order valence-corrected chi connectivity index (χ1v) is 12.2. The average molecular weight is 478 g/mol. The first kappa shape index (κ1) is 23.7. The van der Waals surface area contributed by atoms with Gasteiger partial charge in [-0.1, -0.05) is 0 Å². The van der Waals surface area contributed by atoms with Crippen LogP contribution in [0.1, 0.15) is 24.3 Å². The molecule has 1 fully saturated rings. The van der Waals surface area contributed by atoms with Gasteiger partial charge in [-0.05, 0) is 79.9 Å². The third-order valence-electron chi connectivity index (χ3n) is 6.92. The second kappa shape index (κ2) is 10.7. The summed E-state index contributed by atoms with van der Waals surface area (Å²) in [6, 6.07) is 13.2. The summed E-state index contributed by atoms with van der Waals surface area (Å²) in [5.74, 6) is 1.07. The van der Waals surface area contributed by atoms with Gasteiger partial charge in [0, 0.05) is 43.5 Å². The van der Waals surface area contributed by atoms with Crippen LogP contribution in [0.4, 0.5) is 4.39 Å². The van der Waals surface area contributed by atoms with Crippen LogP contribution in [0.3, 0.4) is 0 Å². The number of ether oxygens (including phenoxy) is 2. The Hall–Kier alpha value is -3.07. The Balaban J connectivity index is 1.42. The van der Waals surface area contributed by atoms with Gasteiger partial charge >= 0.3 is 0 Å². The standard InChI is InChI=1S/C27H32FN5O2/c1-31-27(29-19-30-31)21-3-8-26-24(17-21)25(18-33(26)23-6-4-22(28)5-7-23)20-9-11-32(12-10-20)13-14-35-16-15-34-2/h3-8,17-20H,9-16H2,1-2H3. The van der Waals surface area contributed by atoms with Crippen molar-refractivity contribution < 1.29 is 13.9 Å². The molecule has 0 atom stereocenters. The highest BCUT2D eigenvalue weighted by Crippen LogP contribution is 2.37. The molecular weight excluding hydrogens is 445 g/mol. The molecule has 0 spiro atoms. The van der Waals surface area contributed by atoms with E-state index in [1.807, 2.05) is 19.2 Å². The van der Waals surface area contributed by atoms with Crippen LogP contribution in [0.15, 0.2) is 55.0 Å². The Morgan fingerprint density at radius 1 is 1.03 bits per heavy atom. The summed E-state index contributed by atoms with van der Waals surface area (Å²) in [6.45, 7) is 5.05. The number of hydrogen-bond acceptors (Lipinski definition) is 5. The lowest BCUT2D eigenvalue weighted by Crippen LogP contribution is -2.35. The van der Waals surface area contributed by atoms with Gasteiger partial charge in [-0.3, -0.25) is 0 Å². The molecule has 0 radical (unpaired) electrons. The zero-order valence-electron chi connectivity index (χ0n) is 20.4. The minimum absolute atomic E-state index is 0.228. The third kappa shape index (κ3) is 5.15. The van der Waals surface area contributed by atoms with Crippen molar-refractivity contribution in [2.75, 3.05) is 46.6 Å². The largest absolute Gasteiger partial charge is 0.382 e. The molecule has 4 aromatic rings. The SMILES string of the molecule is COCCOCCN1CCC(c2cn(-c3ccc(F)cc3)c3ccc(-c4ncnn4C)cc23)CC1. The topological polar surface area (TPSA) is 57.3 Å². The Bertz CT molecular complexity index is 1260. The minimum atomic E-state index is -0.228. The van der Waals surface area contributed by atoms with Gasteiger partial charge in [0.25, 0.3) is 0 Å². The van der Waals surface area contributed by atoms with Crippen molar-refractivity contribution in [1.29, 1.82) is 0 Å². The fourth-order valence-electron chi connectivity index (χ4n) is 5.00. The average Bonchev–Trinajstić information content (AvgIpc) is 3.48. The smallest absolute Gasteiger partial charge is 0.157 e. The third-order valence-corrected chi connectivity index (χ3v) is 6.92. The lowest BCUT2D eigenvalue weighted by Gasteiger charge is -2.31. The maximum absolute atomic E-state index is 13.6. The van der Waals surface area contributed by atoms with Crippen molar-refractivity contribution >= 4 is 10.9 Å². The Labute approximate surface area is 205 Å². The predicted molar refractivity (Wildman–Crippen MR) is 134 cm³/mol. The molecule has 0 N–H and O–H groups in total. The molecule has 1 saturated heterocycles. The highest BCUT2D eigenvalue weighted by Gasteiger charge is 2.24. The number of likely N-dealkylation sites (tertiary alicyclic amines) is 1. The molecule has 8 heteroatoms. The summed E-state index contributed by atoms with van der Waals surface area (Å²) in [6.07, 6.45) is 6.01. The molecule has 0 bridgehead atoms. The molecular formula is C27H32FN5O2. The fraction of sp³-hybridized carbons (Fsp3) is 0.407. The summed E-state index contributed by atoms with van der Waals surface area (Å²) in [5, 5.41) is 5.46. The molecule has 2 aromatic carbocycles. The van der Waals surface area contributed by atoms with E-state index in [0.717, 1.165) is 61.7 Å². The van der Waals surface area contributed by atoms with Crippen LogP contribution in [-0.4, -0.2) is 70.8 Å². The summed E-state index contributed by atoms with van der Waals surface area (Å²) in [4.78, 5) is 6.92. The Morgan fingerprint density at radius 2 is 1.83 bits per heavy atom. The van der Waals surface area contributed by atoms with Gasteiger partial charge in [0.1, 0.15) is 12.1 Å². The fourth-order valence-corrected chi connectivity index (χ4v) is 5.00. The van der Waals surface area contributed by atoms with E-state index in [2.05, 4.69) is 43.9 Å². The van der Waals surface area contributed by atoms with Crippen molar-refractivity contribution in [2.45, 2.75) is 18.8 Å². The molecule has 184 valence electrons. The van der Waals surface area contributed by atoms with E-state index in [1.54, 1.807) is 18.1 Å². The number of piperidine rings is 1. The zero-order valence-corrected chi connectivity index (χ0v) is 20.4. The van der Waals surface area contributed by atoms with E-state index in [4.69, 9.17) is 9.47 Å². The van der Waals surface area contributed by atoms with E-state index in [-0.39, 0.29) is 5.82 Å². The molecule has 35 heavy (non-hydrogen) atoms. The van der Waals surface area contributed by atoms with Crippen LogP contribution < -0.4 is 0 Å². The van der Waals surface area contributed by atoms with Gasteiger partial charge in [-0.2, -0.15) is 5.10 Å². The predicted octanol–water partition coefficient (Wildman–Crippen LogP) is 4.41. The van der Waals surface area contributed by atoms with Crippen LogP contribution in [0, 0.1) is 5.82 Å². The first-order valence-electron chi connectivity index (χ1n) is 12.2. The summed E-state index contributed by atoms with van der Waals surface area (Å²) in [5.41, 5.74) is 4.46. The van der Waals surface area contributed by atoms with Crippen molar-refractivity contribution in [2.24, 2.45) is 7.05 Å². The number of halogens is 1. The summed E-state index contributed by atoms with van der Waals surface area (Å²) < 4.78 is 28.3. The van der Waals surface area contributed by atoms with Crippen LogP contribution in [-0.2, 0) is 16.5 Å². The quantitative estimate of drug-likeness (QED) is 0.334. The number of fused-ring (bicyclic) bond motifs is 1. The number of rotatable bonds is 9. The maximum Gasteiger partial charge on any atom is 0.157 e. The molecule has 5 rings (SSSR count). The van der Waals surface area contributed by atoms with Gasteiger partial charge < -0.3 is 18.9 Å². The van der Waals surface area contributed by atoms with E-state index in [0.29, 0.717) is 19.1 Å². The van der Waals surface area contributed by atoms with Crippen molar-refractivity contribution in [3.63, 3.8) is 0 Å². The molecule has 7 nitrogen and oxygen atoms in total. The number of methoxy groups -OCH3 is 1. The summed E-state index contributed by atoms with van der Waals surface area (Å²) >= 11 is 0. The second-order valence-electron chi connectivity index (χ2n) is 9.09. The number of hydrogen-bond donors (Lipinski definition) is 0. The van der Waals surface area contributed by atoms with Crippen molar-refractivity contribution in [1.82, 2.24) is 24.2 Å². The highest BCUT2D eigenvalue weighted by molar-refractivity contribution is 5.89. The van der Waals surface area contributed by atoms with E-state index < -0.39 is 0 Å². The molecule has 0 saturated carbocycles. The molecule has 0 aliphatic carbocycles. The monoisotopic (exact) mass is 477 g/mol. The first-order chi connectivity index (χ1) is 17.1. The Kier molecular flexibility index (Phi) is 7.22. The van der Waals surface area contributed by atoms with E-state index in [9.17, 15) is 4.39 Å². The minimum Gasteiger partial charge on any atom is -0.382 e. The van der Waals surface area contributed by atoms with E-state index in [1.165, 1.54) is 23.1 Å². The van der Waals surface area contributed by atoms with Crippen LogP contribution in [0.25, 0.3) is 28.0 Å². The number of aryl methyl sites for hydroxylation is 1. The van der Waals surface area contributed by atoms with Gasteiger partial charge in [-0.25, -0.2) is 14.1 Å². The van der Waals surface area contributed by atoms with Crippen LogP contribution in [0.5, 0.6) is 0 Å². The number of benzene rings is 2. The van der Waals surface area contributed by atoms with E-state index >= 15 is 0 Å². The zero-order chi connectivity index (χ0) is 24.2. The molecule has 0 amide bonds. The van der Waals surface area contributed by atoms with Crippen LogP contribution >= 0.6 is 0 Å². The van der Waals surface area contributed by atoms with Gasteiger partial charge in [0.2, 0.25) is 0 Å². The van der Waals surface area contributed by atoms with Gasteiger partial charge in [0.15, 0.2) is 5.82 Å². The lowest BCUT2D eigenvalue weighted by atomic mass is 9.89. The number of aromatic nitrogens is 4. The molecule has 2 aromatic heterocycles. The van der Waals surface area contributed by atoms with Gasteiger partial charge in [0.05, 0.1) is 25.3 Å². The van der Waals surface area contributed by atoms with Crippen molar-refractivity contribution in [3.05, 3.63) is 66.4 Å². The lowest BCUT2D eigenvalue weighted by molar-refractivity contribution is 0.0532. The molecule has 0 unspecified atom stereocenters. The molecule has 1 aliphatic rings. The number of nitrogens with zero attached hydrogens (tertiary/aromatic N) is 5. The molecule has 1 aliphatic heterocycles. The van der Waals surface area contributed by atoms with Gasteiger partial charge in [-0.15, -0.1) is 0 Å². The van der Waals surface area contributed by atoms with Crippen LogP contribution in [0.2, 0.25) is 0 Å². The maximum atomic E-state index is 13.6. The Morgan fingerprint density at radius 3 is 2.54 bits per heavy atom. The van der Waals surface area contributed by atoms with Crippen molar-refractivity contribution in [3.8, 4) is 17.1 Å². The second-order valence-corrected chi connectivity index (χ2v) is 9.09. The normalized spacial score (nSPS) is 15.3. The summed E-state index contributed by atoms with van der Waals surface area (Å²) in [7, 11) is 3.60.